The van der Waals surface area contributed by atoms with Crippen molar-refractivity contribution < 1.29 is 4.74 Å². The van der Waals surface area contributed by atoms with E-state index in [0.29, 0.717) is 5.28 Å². The number of aryl methyl sites for hydroxylation is 1. The van der Waals surface area contributed by atoms with Gasteiger partial charge in [-0.25, -0.2) is 0 Å². The second kappa shape index (κ2) is 4.43. The van der Waals surface area contributed by atoms with Gasteiger partial charge in [0.05, 0.1) is 17.3 Å². The van der Waals surface area contributed by atoms with Gasteiger partial charge in [0.2, 0.25) is 5.28 Å². The predicted molar refractivity (Wildman–Crippen MR) is 65.4 cm³/mol. The topological polar surface area (TPSA) is 39.9 Å². The number of aromatic nitrogens is 3. The largest absolute Gasteiger partial charge is 0.495 e. The molecule has 0 amide bonds. The van der Waals surface area contributed by atoms with Crippen molar-refractivity contribution in [3.63, 3.8) is 0 Å². The van der Waals surface area contributed by atoms with E-state index in [9.17, 15) is 0 Å². The first-order valence-corrected chi connectivity index (χ1v) is 5.72. The Labute approximate surface area is 106 Å². The highest BCUT2D eigenvalue weighted by molar-refractivity contribution is 9.10. The van der Waals surface area contributed by atoms with Crippen molar-refractivity contribution in [1.29, 1.82) is 0 Å². The minimum absolute atomic E-state index is 0.335. The van der Waals surface area contributed by atoms with E-state index >= 15 is 0 Å². The Bertz CT molecular complexity index is 507. The van der Waals surface area contributed by atoms with Gasteiger partial charge in [-0.1, -0.05) is 0 Å². The standard InChI is InChI=1S/C10H9BrClN3O/c1-6-13-14-10(12)15(6)7-3-4-8(11)9(5-7)16-2/h3-5H,1-2H3. The van der Waals surface area contributed by atoms with Crippen LogP contribution in [0.5, 0.6) is 5.75 Å². The number of rotatable bonds is 2. The van der Waals surface area contributed by atoms with Gasteiger partial charge in [-0.2, -0.15) is 0 Å². The highest BCUT2D eigenvalue weighted by Crippen LogP contribution is 2.28. The SMILES string of the molecule is COc1cc(-n2c(C)nnc2Cl)ccc1Br. The second-order valence-corrected chi connectivity index (χ2v) is 4.36. The zero-order valence-electron chi connectivity index (χ0n) is 8.74. The molecule has 0 spiro atoms. The van der Waals surface area contributed by atoms with E-state index in [2.05, 4.69) is 26.1 Å². The van der Waals surface area contributed by atoms with Crippen LogP contribution in [0.25, 0.3) is 5.69 Å². The lowest BCUT2D eigenvalue weighted by Gasteiger charge is -2.08. The second-order valence-electron chi connectivity index (χ2n) is 3.17. The van der Waals surface area contributed by atoms with Crippen molar-refractivity contribution in [1.82, 2.24) is 14.8 Å². The number of halogens is 2. The summed E-state index contributed by atoms with van der Waals surface area (Å²) >= 11 is 9.34. The van der Waals surface area contributed by atoms with E-state index in [-0.39, 0.29) is 0 Å². The number of benzene rings is 1. The molecule has 0 aliphatic rings. The fourth-order valence-corrected chi connectivity index (χ4v) is 2.08. The molecule has 0 saturated carbocycles. The van der Waals surface area contributed by atoms with Crippen LogP contribution in [0, 0.1) is 6.92 Å². The van der Waals surface area contributed by atoms with E-state index in [1.807, 2.05) is 25.1 Å². The molecule has 16 heavy (non-hydrogen) atoms. The smallest absolute Gasteiger partial charge is 0.229 e. The summed E-state index contributed by atoms with van der Waals surface area (Å²) in [6.07, 6.45) is 0. The van der Waals surface area contributed by atoms with Crippen molar-refractivity contribution in [2.45, 2.75) is 6.92 Å². The molecule has 0 saturated heterocycles. The quantitative estimate of drug-likeness (QED) is 0.856. The molecule has 0 fully saturated rings. The molecule has 1 heterocycles. The number of methoxy groups -OCH3 is 1. The first-order chi connectivity index (χ1) is 7.63. The van der Waals surface area contributed by atoms with Crippen LogP contribution in [0.1, 0.15) is 5.82 Å². The summed E-state index contributed by atoms with van der Waals surface area (Å²) in [5, 5.41) is 8.03. The van der Waals surface area contributed by atoms with Crippen LogP contribution in [0.2, 0.25) is 5.28 Å². The van der Waals surface area contributed by atoms with Gasteiger partial charge < -0.3 is 4.74 Å². The molecule has 0 atom stereocenters. The van der Waals surface area contributed by atoms with Crippen LogP contribution < -0.4 is 4.74 Å². The van der Waals surface area contributed by atoms with Crippen molar-refractivity contribution in [3.05, 3.63) is 33.8 Å². The predicted octanol–water partition coefficient (Wildman–Crippen LogP) is 3.00. The molecular weight excluding hydrogens is 293 g/mol. The molecule has 2 rings (SSSR count). The maximum atomic E-state index is 5.95. The summed E-state index contributed by atoms with van der Waals surface area (Å²) in [6, 6.07) is 5.67. The molecule has 2 aromatic rings. The normalized spacial score (nSPS) is 10.5. The molecule has 6 heteroatoms. The Balaban J connectivity index is 2.57. The van der Waals surface area contributed by atoms with Crippen LogP contribution in [-0.2, 0) is 0 Å². The third-order valence-electron chi connectivity index (χ3n) is 2.18. The average Bonchev–Trinajstić information content (AvgIpc) is 2.60. The first kappa shape index (κ1) is 11.4. The van der Waals surface area contributed by atoms with Crippen molar-refractivity contribution in [3.8, 4) is 11.4 Å². The summed E-state index contributed by atoms with van der Waals surface area (Å²) < 4.78 is 7.86. The van der Waals surface area contributed by atoms with E-state index in [0.717, 1.165) is 21.7 Å². The lowest BCUT2D eigenvalue weighted by atomic mass is 10.3. The molecule has 4 nitrogen and oxygen atoms in total. The van der Waals surface area contributed by atoms with Gasteiger partial charge in [0.25, 0.3) is 0 Å². The summed E-state index contributed by atoms with van der Waals surface area (Å²) in [5.74, 6) is 1.47. The highest BCUT2D eigenvalue weighted by atomic mass is 79.9. The summed E-state index contributed by atoms with van der Waals surface area (Å²) in [7, 11) is 1.62. The van der Waals surface area contributed by atoms with E-state index < -0.39 is 0 Å². The van der Waals surface area contributed by atoms with Crippen LogP contribution in [0.15, 0.2) is 22.7 Å². The van der Waals surface area contributed by atoms with Gasteiger partial charge in [0.1, 0.15) is 11.6 Å². The van der Waals surface area contributed by atoms with Crippen LogP contribution in [-0.4, -0.2) is 21.9 Å². The third-order valence-corrected chi connectivity index (χ3v) is 3.08. The molecule has 0 aliphatic carbocycles. The molecule has 0 bridgehead atoms. The zero-order valence-corrected chi connectivity index (χ0v) is 11.1. The van der Waals surface area contributed by atoms with Gasteiger partial charge in [0.15, 0.2) is 0 Å². The number of hydrogen-bond donors (Lipinski definition) is 0. The lowest BCUT2D eigenvalue weighted by Crippen LogP contribution is -1.98. The van der Waals surface area contributed by atoms with Gasteiger partial charge >= 0.3 is 0 Å². The summed E-state index contributed by atoms with van der Waals surface area (Å²) in [5.41, 5.74) is 0.868. The summed E-state index contributed by atoms with van der Waals surface area (Å²) in [6.45, 7) is 1.84. The maximum Gasteiger partial charge on any atom is 0.229 e. The Kier molecular flexibility index (Phi) is 3.16. The zero-order chi connectivity index (χ0) is 11.7. The van der Waals surface area contributed by atoms with Gasteiger partial charge in [-0.05, 0) is 46.6 Å². The molecule has 1 aromatic carbocycles. The van der Waals surface area contributed by atoms with Crippen molar-refractivity contribution in [2.24, 2.45) is 0 Å². The van der Waals surface area contributed by atoms with Gasteiger partial charge in [-0.3, -0.25) is 4.57 Å². The molecule has 0 N–H and O–H groups in total. The van der Waals surface area contributed by atoms with E-state index in [1.54, 1.807) is 11.7 Å². The number of hydrogen-bond acceptors (Lipinski definition) is 3. The number of ether oxygens (including phenoxy) is 1. The first-order valence-electron chi connectivity index (χ1n) is 4.55. The Morgan fingerprint density at radius 2 is 2.12 bits per heavy atom. The Morgan fingerprint density at radius 1 is 1.38 bits per heavy atom. The Morgan fingerprint density at radius 3 is 2.69 bits per heavy atom. The molecule has 0 unspecified atom stereocenters. The van der Waals surface area contributed by atoms with Crippen LogP contribution in [0.4, 0.5) is 0 Å². The molecular formula is C10H9BrClN3O. The molecule has 1 aromatic heterocycles. The van der Waals surface area contributed by atoms with E-state index in [4.69, 9.17) is 16.3 Å². The fraction of sp³-hybridized carbons (Fsp3) is 0.200. The number of nitrogens with zero attached hydrogens (tertiary/aromatic N) is 3. The maximum absolute atomic E-state index is 5.95. The van der Waals surface area contributed by atoms with Crippen LogP contribution >= 0.6 is 27.5 Å². The lowest BCUT2D eigenvalue weighted by molar-refractivity contribution is 0.412. The minimum Gasteiger partial charge on any atom is -0.495 e. The average molecular weight is 303 g/mol. The van der Waals surface area contributed by atoms with Crippen LogP contribution in [0.3, 0.4) is 0 Å². The van der Waals surface area contributed by atoms with E-state index in [1.165, 1.54) is 0 Å². The van der Waals surface area contributed by atoms with Gasteiger partial charge in [-0.15, -0.1) is 10.2 Å². The molecule has 0 radical (unpaired) electrons. The fourth-order valence-electron chi connectivity index (χ4n) is 1.42. The monoisotopic (exact) mass is 301 g/mol. The highest BCUT2D eigenvalue weighted by Gasteiger charge is 2.10. The van der Waals surface area contributed by atoms with Gasteiger partial charge in [0, 0.05) is 6.07 Å². The Hall–Kier alpha value is -1.07. The molecule has 84 valence electrons. The van der Waals surface area contributed by atoms with Crippen molar-refractivity contribution in [2.75, 3.05) is 7.11 Å². The third kappa shape index (κ3) is 1.92. The summed E-state index contributed by atoms with van der Waals surface area (Å²) in [4.78, 5) is 0. The van der Waals surface area contributed by atoms with Crippen molar-refractivity contribution >= 4 is 27.5 Å². The minimum atomic E-state index is 0.335. The molecule has 0 aliphatic heterocycles.